The minimum atomic E-state index is 0.838. The van der Waals surface area contributed by atoms with E-state index in [4.69, 9.17) is 4.42 Å². The van der Waals surface area contributed by atoms with Gasteiger partial charge in [-0.15, -0.1) is 0 Å². The summed E-state index contributed by atoms with van der Waals surface area (Å²) in [5, 5.41) is 0. The van der Waals surface area contributed by atoms with Crippen LogP contribution in [0.2, 0.25) is 0 Å². The third kappa shape index (κ3) is 1.23. The van der Waals surface area contributed by atoms with Crippen LogP contribution in [0.3, 0.4) is 0 Å². The first-order valence-corrected chi connectivity index (χ1v) is 5.10. The number of benzene rings is 1. The number of oxazole rings is 1. The summed E-state index contributed by atoms with van der Waals surface area (Å²) in [5.74, 6) is 0.896. The van der Waals surface area contributed by atoms with Gasteiger partial charge in [-0.1, -0.05) is 12.1 Å². The van der Waals surface area contributed by atoms with Crippen molar-refractivity contribution >= 4 is 11.1 Å². The first kappa shape index (κ1) is 9.15. The summed E-state index contributed by atoms with van der Waals surface area (Å²) in [6, 6.07) is 4.06. The first-order valence-electron chi connectivity index (χ1n) is 5.10. The zero-order chi connectivity index (χ0) is 11.1. The van der Waals surface area contributed by atoms with Crippen LogP contribution in [0.4, 0.5) is 0 Å². The summed E-state index contributed by atoms with van der Waals surface area (Å²) >= 11 is 0. The molecule has 3 rings (SSSR count). The zero-order valence-corrected chi connectivity index (χ0v) is 9.11. The molecule has 2 aromatic heterocycles. The molecule has 0 spiro atoms. The van der Waals surface area contributed by atoms with E-state index in [1.165, 1.54) is 6.39 Å². The number of hydrogen-bond donors (Lipinski definition) is 1. The van der Waals surface area contributed by atoms with Gasteiger partial charge in [0, 0.05) is 5.56 Å². The predicted molar refractivity (Wildman–Crippen MR) is 61.1 cm³/mol. The highest BCUT2D eigenvalue weighted by atomic mass is 16.3. The number of aromatic nitrogens is 3. The molecule has 0 saturated heterocycles. The van der Waals surface area contributed by atoms with Crippen LogP contribution >= 0.6 is 0 Å². The maximum absolute atomic E-state index is 5.37. The average Bonchev–Trinajstić information content (AvgIpc) is 2.87. The van der Waals surface area contributed by atoms with Crippen LogP contribution in [-0.2, 0) is 0 Å². The molecule has 80 valence electrons. The highest BCUT2D eigenvalue weighted by Crippen LogP contribution is 2.28. The number of hydrogen-bond acceptors (Lipinski definition) is 3. The third-order valence-corrected chi connectivity index (χ3v) is 2.67. The number of aryl methyl sites for hydroxylation is 2. The maximum atomic E-state index is 5.37. The summed E-state index contributed by atoms with van der Waals surface area (Å²) in [5.41, 5.74) is 4.80. The Morgan fingerprint density at radius 2 is 2.06 bits per heavy atom. The lowest BCUT2D eigenvalue weighted by Crippen LogP contribution is -1.83. The molecule has 2 heterocycles. The fourth-order valence-electron chi connectivity index (χ4n) is 1.86. The lowest BCUT2D eigenvalue weighted by Gasteiger charge is -2.00. The smallest absolute Gasteiger partial charge is 0.182 e. The van der Waals surface area contributed by atoms with Gasteiger partial charge in [0.25, 0.3) is 0 Å². The van der Waals surface area contributed by atoms with Crippen molar-refractivity contribution in [3.05, 3.63) is 36.1 Å². The van der Waals surface area contributed by atoms with Gasteiger partial charge in [-0.2, -0.15) is 0 Å². The number of fused-ring (bicyclic) bond motifs is 1. The Morgan fingerprint density at radius 1 is 1.19 bits per heavy atom. The SMILES string of the molecule is Cc1ncc(-c2ccc(C)c3ocnc23)[nH]1. The molecule has 0 radical (unpaired) electrons. The number of nitrogens with zero attached hydrogens (tertiary/aromatic N) is 2. The molecule has 0 aliphatic rings. The van der Waals surface area contributed by atoms with E-state index in [9.17, 15) is 0 Å². The first-order chi connectivity index (χ1) is 7.75. The summed E-state index contributed by atoms with van der Waals surface area (Å²) in [6.07, 6.45) is 3.29. The standard InChI is InChI=1S/C12H11N3O/c1-7-3-4-9(10-5-13-8(2)15-10)11-12(7)16-6-14-11/h3-6H,1-2H3,(H,13,15). The summed E-state index contributed by atoms with van der Waals surface area (Å²) in [6.45, 7) is 3.94. The Balaban J connectivity index is 2.32. The van der Waals surface area contributed by atoms with Gasteiger partial charge in [0.05, 0.1) is 11.9 Å². The fourth-order valence-corrected chi connectivity index (χ4v) is 1.86. The number of nitrogens with one attached hydrogen (secondary N) is 1. The Labute approximate surface area is 92.3 Å². The van der Waals surface area contributed by atoms with Gasteiger partial charge < -0.3 is 9.40 Å². The predicted octanol–water partition coefficient (Wildman–Crippen LogP) is 2.83. The van der Waals surface area contributed by atoms with Crippen molar-refractivity contribution in [3.63, 3.8) is 0 Å². The van der Waals surface area contributed by atoms with Crippen molar-refractivity contribution < 1.29 is 4.42 Å². The van der Waals surface area contributed by atoms with Gasteiger partial charge in [0.15, 0.2) is 12.0 Å². The molecule has 4 heteroatoms. The molecule has 0 atom stereocenters. The van der Waals surface area contributed by atoms with Gasteiger partial charge >= 0.3 is 0 Å². The van der Waals surface area contributed by atoms with E-state index in [0.29, 0.717) is 0 Å². The van der Waals surface area contributed by atoms with E-state index in [1.807, 2.05) is 32.2 Å². The largest absolute Gasteiger partial charge is 0.443 e. The van der Waals surface area contributed by atoms with E-state index in [1.54, 1.807) is 0 Å². The number of imidazole rings is 1. The normalized spacial score (nSPS) is 11.1. The molecule has 0 bridgehead atoms. The molecule has 0 unspecified atom stereocenters. The molecule has 16 heavy (non-hydrogen) atoms. The molecule has 0 amide bonds. The van der Waals surface area contributed by atoms with Crippen LogP contribution in [0, 0.1) is 13.8 Å². The highest BCUT2D eigenvalue weighted by molar-refractivity contribution is 5.91. The molecule has 3 aromatic rings. The molecule has 0 aliphatic carbocycles. The highest BCUT2D eigenvalue weighted by Gasteiger charge is 2.10. The molecule has 1 aromatic carbocycles. The van der Waals surface area contributed by atoms with E-state index >= 15 is 0 Å². The molecule has 0 fully saturated rings. The topological polar surface area (TPSA) is 54.7 Å². The Bertz CT molecular complexity index is 651. The van der Waals surface area contributed by atoms with Crippen molar-refractivity contribution in [1.82, 2.24) is 15.0 Å². The number of rotatable bonds is 1. The van der Waals surface area contributed by atoms with Crippen molar-refractivity contribution in [2.75, 3.05) is 0 Å². The van der Waals surface area contributed by atoms with Crippen molar-refractivity contribution in [3.8, 4) is 11.3 Å². The van der Waals surface area contributed by atoms with Crippen molar-refractivity contribution in [1.29, 1.82) is 0 Å². The van der Waals surface area contributed by atoms with E-state index < -0.39 is 0 Å². The molecule has 0 aliphatic heterocycles. The second-order valence-corrected chi connectivity index (χ2v) is 3.84. The van der Waals surface area contributed by atoms with Crippen LogP contribution in [0.5, 0.6) is 0 Å². The second kappa shape index (κ2) is 3.20. The summed E-state index contributed by atoms with van der Waals surface area (Å²) in [4.78, 5) is 11.6. The van der Waals surface area contributed by atoms with Crippen LogP contribution in [-0.4, -0.2) is 15.0 Å². The fraction of sp³-hybridized carbons (Fsp3) is 0.167. The van der Waals surface area contributed by atoms with Crippen LogP contribution in [0.25, 0.3) is 22.4 Å². The van der Waals surface area contributed by atoms with E-state index in [0.717, 1.165) is 33.7 Å². The van der Waals surface area contributed by atoms with E-state index in [-0.39, 0.29) is 0 Å². The summed E-state index contributed by atoms with van der Waals surface area (Å²) in [7, 11) is 0. The van der Waals surface area contributed by atoms with Crippen LogP contribution in [0.1, 0.15) is 11.4 Å². The lowest BCUT2D eigenvalue weighted by molar-refractivity contribution is 0.600. The van der Waals surface area contributed by atoms with Gasteiger partial charge in [0.2, 0.25) is 0 Å². The van der Waals surface area contributed by atoms with Gasteiger partial charge in [-0.3, -0.25) is 0 Å². The quantitative estimate of drug-likeness (QED) is 0.676. The molecule has 0 saturated carbocycles. The third-order valence-electron chi connectivity index (χ3n) is 2.67. The molecule has 4 nitrogen and oxygen atoms in total. The molecular weight excluding hydrogens is 202 g/mol. The number of aromatic amines is 1. The van der Waals surface area contributed by atoms with Crippen molar-refractivity contribution in [2.45, 2.75) is 13.8 Å². The zero-order valence-electron chi connectivity index (χ0n) is 9.11. The van der Waals surface area contributed by atoms with Gasteiger partial charge in [-0.25, -0.2) is 9.97 Å². The molecule has 1 N–H and O–H groups in total. The van der Waals surface area contributed by atoms with Crippen LogP contribution < -0.4 is 0 Å². The van der Waals surface area contributed by atoms with Crippen LogP contribution in [0.15, 0.2) is 29.1 Å². The van der Waals surface area contributed by atoms with Gasteiger partial charge in [-0.05, 0) is 19.4 Å². The summed E-state index contributed by atoms with van der Waals surface area (Å²) < 4.78 is 5.37. The average molecular weight is 213 g/mol. The minimum Gasteiger partial charge on any atom is -0.443 e. The maximum Gasteiger partial charge on any atom is 0.182 e. The Hall–Kier alpha value is -2.10. The monoisotopic (exact) mass is 213 g/mol. The minimum absolute atomic E-state index is 0.838. The van der Waals surface area contributed by atoms with Crippen molar-refractivity contribution in [2.24, 2.45) is 0 Å². The Kier molecular flexibility index (Phi) is 1.83. The van der Waals surface area contributed by atoms with E-state index in [2.05, 4.69) is 15.0 Å². The number of H-pyrrole nitrogens is 1. The Morgan fingerprint density at radius 3 is 2.81 bits per heavy atom. The lowest BCUT2D eigenvalue weighted by atomic mass is 10.1. The van der Waals surface area contributed by atoms with Gasteiger partial charge in [0.1, 0.15) is 11.3 Å². The second-order valence-electron chi connectivity index (χ2n) is 3.84. The molecular formula is C12H11N3O.